The monoisotopic (exact) mass is 525 g/mol. The Morgan fingerprint density at radius 3 is 2.33 bits per heavy atom. The fourth-order valence-electron chi connectivity index (χ4n) is 4.99. The number of aromatic carboxylic acids is 1. The van der Waals surface area contributed by atoms with Gasteiger partial charge in [0.25, 0.3) is 0 Å². The lowest BCUT2D eigenvalue weighted by Gasteiger charge is -2.23. The fourth-order valence-corrected chi connectivity index (χ4v) is 4.99. The highest BCUT2D eigenvalue weighted by atomic mass is 16.4. The Bertz CT molecular complexity index is 1420. The molecule has 0 spiro atoms. The van der Waals surface area contributed by atoms with Crippen LogP contribution in [0.3, 0.4) is 0 Å². The van der Waals surface area contributed by atoms with Crippen molar-refractivity contribution in [1.29, 1.82) is 0 Å². The Morgan fingerprint density at radius 2 is 1.64 bits per heavy atom. The molecule has 0 saturated heterocycles. The first-order valence-corrected chi connectivity index (χ1v) is 14.2. The zero-order chi connectivity index (χ0) is 27.8. The number of unbranched alkanes of at least 4 members (excludes halogenated alkanes) is 2. The van der Waals surface area contributed by atoms with Gasteiger partial charge >= 0.3 is 5.97 Å². The minimum atomic E-state index is -0.929. The van der Waals surface area contributed by atoms with E-state index in [2.05, 4.69) is 36.6 Å². The van der Waals surface area contributed by atoms with Gasteiger partial charge in [-0.1, -0.05) is 76.1 Å². The van der Waals surface area contributed by atoms with E-state index in [1.807, 2.05) is 48.2 Å². The zero-order valence-electron chi connectivity index (χ0n) is 23.3. The second-order valence-electron chi connectivity index (χ2n) is 10.1. The van der Waals surface area contributed by atoms with Gasteiger partial charge in [-0.2, -0.15) is 0 Å². The van der Waals surface area contributed by atoms with Crippen molar-refractivity contribution in [2.75, 3.05) is 11.4 Å². The summed E-state index contributed by atoms with van der Waals surface area (Å²) in [6.07, 6.45) is 6.39. The van der Waals surface area contributed by atoms with E-state index in [0.717, 1.165) is 78.7 Å². The Hall–Kier alpha value is -3.93. The maximum absolute atomic E-state index is 13.0. The van der Waals surface area contributed by atoms with E-state index >= 15 is 0 Å². The Kier molecular flexibility index (Phi) is 9.53. The number of hydrogen-bond donors (Lipinski definition) is 1. The molecule has 3 aromatic carbocycles. The van der Waals surface area contributed by atoms with Crippen molar-refractivity contribution in [2.45, 2.75) is 72.3 Å². The second-order valence-corrected chi connectivity index (χ2v) is 10.1. The highest BCUT2D eigenvalue weighted by molar-refractivity contribution is 5.96. The molecular formula is C33H39N3O3. The van der Waals surface area contributed by atoms with Crippen molar-refractivity contribution in [3.8, 4) is 11.1 Å². The lowest BCUT2D eigenvalue weighted by Crippen LogP contribution is -2.31. The van der Waals surface area contributed by atoms with Crippen LogP contribution >= 0.6 is 0 Å². The lowest BCUT2D eigenvalue weighted by molar-refractivity contribution is -0.118. The standard InChI is InChI=1S/C33H39N3O3/c1-4-7-14-31-34-29-20-19-26(35(21-8-5-2)32(37)11-6-3)22-30(29)36(31)23-24-15-17-25(18-16-24)27-12-9-10-13-28(27)33(38)39/h9-10,12-13,15-20,22H,4-8,11,14,21,23H2,1-3H3,(H,38,39). The van der Waals surface area contributed by atoms with Crippen molar-refractivity contribution in [2.24, 2.45) is 0 Å². The van der Waals surface area contributed by atoms with Crippen LogP contribution < -0.4 is 4.90 Å². The van der Waals surface area contributed by atoms with Crippen molar-refractivity contribution in [3.05, 3.63) is 83.7 Å². The van der Waals surface area contributed by atoms with Gasteiger partial charge in [-0.25, -0.2) is 9.78 Å². The van der Waals surface area contributed by atoms with E-state index in [9.17, 15) is 14.7 Å². The molecule has 0 atom stereocenters. The predicted octanol–water partition coefficient (Wildman–Crippen LogP) is 7.73. The Balaban J connectivity index is 1.70. The molecule has 6 heteroatoms. The number of amides is 1. The summed E-state index contributed by atoms with van der Waals surface area (Å²) in [5.74, 6) is 0.283. The van der Waals surface area contributed by atoms with Crippen LogP contribution in [-0.4, -0.2) is 33.1 Å². The number of rotatable bonds is 13. The average Bonchev–Trinajstić information content (AvgIpc) is 3.29. The van der Waals surface area contributed by atoms with Gasteiger partial charge in [0.2, 0.25) is 5.91 Å². The summed E-state index contributed by atoms with van der Waals surface area (Å²) >= 11 is 0. The highest BCUT2D eigenvalue weighted by Gasteiger charge is 2.18. The van der Waals surface area contributed by atoms with Crippen LogP contribution in [0.25, 0.3) is 22.2 Å². The number of aryl methyl sites for hydroxylation is 1. The molecule has 0 aliphatic heterocycles. The summed E-state index contributed by atoms with van der Waals surface area (Å²) in [6, 6.07) is 21.4. The number of carboxylic acid groups (broad SMARTS) is 1. The summed E-state index contributed by atoms with van der Waals surface area (Å²) in [7, 11) is 0. The molecule has 6 nitrogen and oxygen atoms in total. The largest absolute Gasteiger partial charge is 0.478 e. The van der Waals surface area contributed by atoms with E-state index in [0.29, 0.717) is 24.1 Å². The summed E-state index contributed by atoms with van der Waals surface area (Å²) in [5.41, 5.74) is 5.89. The molecule has 1 aromatic heterocycles. The number of carbonyl (C=O) groups is 2. The normalized spacial score (nSPS) is 11.2. The minimum absolute atomic E-state index is 0.166. The van der Waals surface area contributed by atoms with Crippen molar-refractivity contribution < 1.29 is 14.7 Å². The van der Waals surface area contributed by atoms with Gasteiger partial charge in [-0.05, 0) is 60.2 Å². The van der Waals surface area contributed by atoms with E-state index in [4.69, 9.17) is 4.98 Å². The first-order valence-electron chi connectivity index (χ1n) is 14.2. The van der Waals surface area contributed by atoms with Gasteiger partial charge in [0, 0.05) is 31.6 Å². The molecule has 0 saturated carbocycles. The molecule has 4 aromatic rings. The third kappa shape index (κ3) is 6.56. The lowest BCUT2D eigenvalue weighted by atomic mass is 9.99. The first-order chi connectivity index (χ1) is 19.0. The van der Waals surface area contributed by atoms with E-state index < -0.39 is 5.97 Å². The fraction of sp³-hybridized carbons (Fsp3) is 0.364. The van der Waals surface area contributed by atoms with Gasteiger partial charge in [-0.15, -0.1) is 0 Å². The zero-order valence-corrected chi connectivity index (χ0v) is 23.3. The third-order valence-corrected chi connectivity index (χ3v) is 7.14. The number of imidazole rings is 1. The van der Waals surface area contributed by atoms with Gasteiger partial charge in [0.1, 0.15) is 5.82 Å². The highest BCUT2D eigenvalue weighted by Crippen LogP contribution is 2.28. The molecule has 0 bridgehead atoms. The average molecular weight is 526 g/mol. The van der Waals surface area contributed by atoms with Gasteiger partial charge in [0.05, 0.1) is 16.6 Å². The van der Waals surface area contributed by atoms with Gasteiger partial charge in [-0.3, -0.25) is 4.79 Å². The van der Waals surface area contributed by atoms with Crippen LogP contribution in [0.4, 0.5) is 5.69 Å². The van der Waals surface area contributed by atoms with E-state index in [1.54, 1.807) is 12.1 Å². The maximum atomic E-state index is 13.0. The number of aromatic nitrogens is 2. The summed E-state index contributed by atoms with van der Waals surface area (Å²) in [5, 5.41) is 9.59. The summed E-state index contributed by atoms with van der Waals surface area (Å²) in [4.78, 5) is 31.6. The third-order valence-electron chi connectivity index (χ3n) is 7.14. The molecule has 0 aliphatic rings. The number of hydrogen-bond acceptors (Lipinski definition) is 3. The van der Waals surface area contributed by atoms with Gasteiger partial charge in [0.15, 0.2) is 0 Å². The van der Waals surface area contributed by atoms with Crippen LogP contribution in [0.1, 0.15) is 81.0 Å². The molecule has 0 unspecified atom stereocenters. The van der Waals surface area contributed by atoms with E-state index in [1.165, 1.54) is 0 Å². The molecule has 1 N–H and O–H groups in total. The minimum Gasteiger partial charge on any atom is -0.478 e. The first kappa shape index (κ1) is 28.1. The maximum Gasteiger partial charge on any atom is 0.336 e. The predicted molar refractivity (Wildman–Crippen MR) is 158 cm³/mol. The van der Waals surface area contributed by atoms with Crippen molar-refractivity contribution in [3.63, 3.8) is 0 Å². The quantitative estimate of drug-likeness (QED) is 0.194. The number of carbonyl (C=O) groups excluding carboxylic acids is 1. The van der Waals surface area contributed by atoms with Crippen molar-refractivity contribution >= 4 is 28.6 Å². The van der Waals surface area contributed by atoms with Crippen LogP contribution in [0.2, 0.25) is 0 Å². The topological polar surface area (TPSA) is 75.4 Å². The summed E-state index contributed by atoms with van der Waals surface area (Å²) in [6.45, 7) is 7.74. The number of benzene rings is 3. The van der Waals surface area contributed by atoms with Crippen molar-refractivity contribution in [1.82, 2.24) is 9.55 Å². The Labute approximate surface area is 231 Å². The molecule has 1 heterocycles. The van der Waals surface area contributed by atoms with Crippen LogP contribution in [-0.2, 0) is 17.8 Å². The SMILES string of the molecule is CCCCc1nc2ccc(N(CCCC)C(=O)CCC)cc2n1Cc1ccc(-c2ccccc2C(=O)O)cc1. The number of nitrogens with zero attached hydrogens (tertiary/aromatic N) is 3. The molecule has 1 amide bonds. The van der Waals surface area contributed by atoms with Crippen LogP contribution in [0, 0.1) is 0 Å². The number of anilines is 1. The molecule has 4 rings (SSSR count). The molecular weight excluding hydrogens is 486 g/mol. The second kappa shape index (κ2) is 13.2. The van der Waals surface area contributed by atoms with Gasteiger partial charge < -0.3 is 14.6 Å². The number of fused-ring (bicyclic) bond motifs is 1. The van der Waals surface area contributed by atoms with Crippen LogP contribution in [0.15, 0.2) is 66.7 Å². The van der Waals surface area contributed by atoms with E-state index in [-0.39, 0.29) is 5.91 Å². The molecule has 204 valence electrons. The Morgan fingerprint density at radius 1 is 0.897 bits per heavy atom. The smallest absolute Gasteiger partial charge is 0.336 e. The summed E-state index contributed by atoms with van der Waals surface area (Å²) < 4.78 is 2.27. The van der Waals surface area contributed by atoms with Crippen LogP contribution in [0.5, 0.6) is 0 Å². The number of carboxylic acids is 1. The molecule has 0 radical (unpaired) electrons. The molecule has 0 aliphatic carbocycles. The molecule has 39 heavy (non-hydrogen) atoms. The molecule has 0 fully saturated rings.